The van der Waals surface area contributed by atoms with Crippen molar-refractivity contribution in [3.05, 3.63) is 66.0 Å². The van der Waals surface area contributed by atoms with Crippen LogP contribution in [0.3, 0.4) is 0 Å². The number of pyridine rings is 1. The van der Waals surface area contributed by atoms with Crippen molar-refractivity contribution in [2.45, 2.75) is 12.5 Å². The Hall–Kier alpha value is -2.74. The number of benzene rings is 1. The summed E-state index contributed by atoms with van der Waals surface area (Å²) in [5.41, 5.74) is 1.82. The monoisotopic (exact) mass is 389 g/mol. The van der Waals surface area contributed by atoms with Crippen molar-refractivity contribution in [2.24, 2.45) is 4.99 Å². The molecule has 1 aliphatic rings. The number of alkyl halides is 2. The zero-order valence-electron chi connectivity index (χ0n) is 14.2. The van der Waals surface area contributed by atoms with Gasteiger partial charge in [0.1, 0.15) is 12.4 Å². The van der Waals surface area contributed by atoms with Gasteiger partial charge in [-0.3, -0.25) is 14.8 Å². The van der Waals surface area contributed by atoms with E-state index in [-0.39, 0.29) is 11.9 Å². The zero-order chi connectivity index (χ0) is 19.1. The molecule has 1 atom stereocenters. The molecule has 140 valence electrons. The minimum atomic E-state index is -2.51. The SMILES string of the molecule is O=C(/C=C/c1ccc(OCC(F)F)cc1)NC1=NC(c2ccncc2)CS1. The minimum absolute atomic E-state index is 0.0121. The summed E-state index contributed by atoms with van der Waals surface area (Å²) in [5.74, 6) is 0.842. The number of rotatable bonds is 6. The van der Waals surface area contributed by atoms with Gasteiger partial charge in [0.05, 0.1) is 6.04 Å². The molecule has 27 heavy (non-hydrogen) atoms. The molecule has 0 fully saturated rings. The number of aromatic nitrogens is 1. The number of amidine groups is 1. The quantitative estimate of drug-likeness (QED) is 0.766. The highest BCUT2D eigenvalue weighted by Gasteiger charge is 2.20. The Morgan fingerprint density at radius 3 is 2.70 bits per heavy atom. The van der Waals surface area contributed by atoms with Crippen LogP contribution < -0.4 is 10.1 Å². The van der Waals surface area contributed by atoms with Crippen LogP contribution in [0.15, 0.2) is 59.9 Å². The first-order valence-electron chi connectivity index (χ1n) is 8.21. The highest BCUT2D eigenvalue weighted by atomic mass is 32.2. The van der Waals surface area contributed by atoms with Crippen molar-refractivity contribution in [3.63, 3.8) is 0 Å². The second-order valence-electron chi connectivity index (χ2n) is 5.64. The van der Waals surface area contributed by atoms with E-state index in [2.05, 4.69) is 15.3 Å². The first kappa shape index (κ1) is 19.0. The molecule has 3 rings (SSSR count). The molecule has 2 aromatic rings. The van der Waals surface area contributed by atoms with Crippen LogP contribution in [0.5, 0.6) is 5.75 Å². The van der Waals surface area contributed by atoms with E-state index in [1.807, 2.05) is 12.1 Å². The van der Waals surface area contributed by atoms with Crippen molar-refractivity contribution in [1.29, 1.82) is 0 Å². The molecule has 1 aliphatic heterocycles. The molecule has 2 heterocycles. The van der Waals surface area contributed by atoms with Crippen LogP contribution in [-0.4, -0.2) is 34.8 Å². The number of ether oxygens (including phenoxy) is 1. The first-order valence-corrected chi connectivity index (χ1v) is 9.19. The summed E-state index contributed by atoms with van der Waals surface area (Å²) in [7, 11) is 0. The average Bonchev–Trinajstić information content (AvgIpc) is 3.14. The lowest BCUT2D eigenvalue weighted by Crippen LogP contribution is -2.25. The lowest BCUT2D eigenvalue weighted by molar-refractivity contribution is -0.115. The van der Waals surface area contributed by atoms with Gasteiger partial charge in [-0.15, -0.1) is 0 Å². The Bertz CT molecular complexity index is 827. The fourth-order valence-electron chi connectivity index (χ4n) is 2.35. The lowest BCUT2D eigenvalue weighted by Gasteiger charge is -2.05. The Kier molecular flexibility index (Phi) is 6.54. The number of hydrogen-bond donors (Lipinski definition) is 1. The van der Waals surface area contributed by atoms with Crippen LogP contribution in [0.25, 0.3) is 6.08 Å². The maximum absolute atomic E-state index is 12.1. The van der Waals surface area contributed by atoms with Gasteiger partial charge in [0.15, 0.2) is 5.17 Å². The van der Waals surface area contributed by atoms with E-state index in [1.54, 1.807) is 42.7 Å². The summed E-state index contributed by atoms with van der Waals surface area (Å²) in [5, 5.41) is 3.34. The smallest absolute Gasteiger partial charge is 0.272 e. The highest BCUT2D eigenvalue weighted by molar-refractivity contribution is 8.14. The molecule has 0 saturated heterocycles. The van der Waals surface area contributed by atoms with Crippen LogP contribution in [0.1, 0.15) is 17.2 Å². The van der Waals surface area contributed by atoms with Gasteiger partial charge < -0.3 is 10.1 Å². The molecule has 1 amide bonds. The van der Waals surface area contributed by atoms with Gasteiger partial charge in [-0.1, -0.05) is 23.9 Å². The summed E-state index contributed by atoms with van der Waals surface area (Å²) < 4.78 is 29.1. The number of aliphatic imine (C=N–C) groups is 1. The molecule has 8 heteroatoms. The number of carbonyl (C=O) groups is 1. The van der Waals surface area contributed by atoms with Crippen molar-refractivity contribution in [3.8, 4) is 5.75 Å². The molecular weight excluding hydrogens is 372 g/mol. The minimum Gasteiger partial charge on any atom is -0.488 e. The zero-order valence-corrected chi connectivity index (χ0v) is 15.0. The predicted octanol–water partition coefficient (Wildman–Crippen LogP) is 3.70. The molecule has 0 radical (unpaired) electrons. The van der Waals surface area contributed by atoms with Gasteiger partial charge in [-0.2, -0.15) is 0 Å². The number of carbonyl (C=O) groups excluding carboxylic acids is 1. The summed E-state index contributed by atoms with van der Waals surface area (Å²) in [6.45, 7) is -0.641. The summed E-state index contributed by atoms with van der Waals surface area (Å²) in [6, 6.07) is 10.4. The third kappa shape index (κ3) is 5.89. The predicted molar refractivity (Wildman–Crippen MR) is 102 cm³/mol. The third-order valence-corrected chi connectivity index (χ3v) is 4.62. The van der Waals surface area contributed by atoms with E-state index in [9.17, 15) is 13.6 Å². The van der Waals surface area contributed by atoms with Gasteiger partial charge in [-0.25, -0.2) is 8.78 Å². The van der Waals surface area contributed by atoms with Crippen LogP contribution >= 0.6 is 11.8 Å². The summed E-state index contributed by atoms with van der Waals surface area (Å²) in [4.78, 5) is 20.5. The number of nitrogens with zero attached hydrogens (tertiary/aromatic N) is 2. The molecule has 1 unspecified atom stereocenters. The van der Waals surface area contributed by atoms with E-state index in [0.717, 1.165) is 16.9 Å². The van der Waals surface area contributed by atoms with E-state index in [1.165, 1.54) is 17.8 Å². The van der Waals surface area contributed by atoms with Gasteiger partial charge in [0.2, 0.25) is 5.91 Å². The molecule has 1 aromatic carbocycles. The van der Waals surface area contributed by atoms with Crippen LogP contribution in [0, 0.1) is 0 Å². The van der Waals surface area contributed by atoms with Gasteiger partial charge in [-0.05, 0) is 41.5 Å². The Labute approximate surface area is 159 Å². The number of thioether (sulfide) groups is 1. The number of amides is 1. The fourth-order valence-corrected chi connectivity index (χ4v) is 3.31. The maximum Gasteiger partial charge on any atom is 0.272 e. The molecule has 1 N–H and O–H groups in total. The molecule has 5 nitrogen and oxygen atoms in total. The molecule has 0 spiro atoms. The van der Waals surface area contributed by atoms with Gasteiger partial charge in [0.25, 0.3) is 6.43 Å². The van der Waals surface area contributed by atoms with Crippen molar-refractivity contribution >= 4 is 28.9 Å². The van der Waals surface area contributed by atoms with Crippen molar-refractivity contribution < 1.29 is 18.3 Å². The van der Waals surface area contributed by atoms with Crippen LogP contribution in [0.2, 0.25) is 0 Å². The summed E-state index contributed by atoms with van der Waals surface area (Å²) in [6.07, 6.45) is 3.96. The number of halogens is 2. The van der Waals surface area contributed by atoms with Crippen molar-refractivity contribution in [2.75, 3.05) is 12.4 Å². The van der Waals surface area contributed by atoms with Crippen molar-refractivity contribution in [1.82, 2.24) is 10.3 Å². The number of nitrogens with one attached hydrogen (secondary N) is 1. The second-order valence-corrected chi connectivity index (χ2v) is 6.64. The fraction of sp³-hybridized carbons (Fsp3) is 0.211. The maximum atomic E-state index is 12.1. The number of hydrogen-bond acceptors (Lipinski definition) is 5. The van der Waals surface area contributed by atoms with Crippen LogP contribution in [0.4, 0.5) is 8.78 Å². The molecular formula is C19H17F2N3O2S. The van der Waals surface area contributed by atoms with Gasteiger partial charge >= 0.3 is 0 Å². The summed E-state index contributed by atoms with van der Waals surface area (Å²) >= 11 is 1.49. The Balaban J connectivity index is 1.52. The molecule has 0 saturated carbocycles. The second kappa shape index (κ2) is 9.27. The Morgan fingerprint density at radius 2 is 2.00 bits per heavy atom. The molecule has 0 bridgehead atoms. The largest absolute Gasteiger partial charge is 0.488 e. The Morgan fingerprint density at radius 1 is 1.26 bits per heavy atom. The van der Waals surface area contributed by atoms with E-state index >= 15 is 0 Å². The topological polar surface area (TPSA) is 63.6 Å². The first-order chi connectivity index (χ1) is 13.1. The molecule has 1 aromatic heterocycles. The van der Waals surface area contributed by atoms with Gasteiger partial charge in [0, 0.05) is 24.2 Å². The van der Waals surface area contributed by atoms with E-state index in [0.29, 0.717) is 10.9 Å². The van der Waals surface area contributed by atoms with E-state index in [4.69, 9.17) is 4.74 Å². The standard InChI is InChI=1S/C19H17F2N3O2S/c20-17(21)11-26-15-4-1-13(2-5-15)3-6-18(25)24-19-23-16(12-27-19)14-7-9-22-10-8-14/h1-10,16-17H,11-12H2,(H,23,24,25)/b6-3+. The average molecular weight is 389 g/mol. The third-order valence-electron chi connectivity index (χ3n) is 3.66. The van der Waals surface area contributed by atoms with E-state index < -0.39 is 13.0 Å². The lowest BCUT2D eigenvalue weighted by atomic mass is 10.1. The molecule has 0 aliphatic carbocycles. The highest BCUT2D eigenvalue weighted by Crippen LogP contribution is 2.29. The normalized spacial score (nSPS) is 16.6. The van der Waals surface area contributed by atoms with Crippen LogP contribution in [-0.2, 0) is 4.79 Å².